The van der Waals surface area contributed by atoms with Crippen molar-refractivity contribution < 1.29 is 9.90 Å². The number of anilines is 1. The normalized spacial score (nSPS) is 19.2. The zero-order chi connectivity index (χ0) is 14.0. The number of carboxylic acids is 1. The largest absolute Gasteiger partial charge is 0.480 e. The lowest BCUT2D eigenvalue weighted by atomic mass is 10.2. The van der Waals surface area contributed by atoms with Crippen LogP contribution in [0.25, 0.3) is 0 Å². The summed E-state index contributed by atoms with van der Waals surface area (Å²) in [6.45, 7) is 4.09. The summed E-state index contributed by atoms with van der Waals surface area (Å²) in [6.07, 6.45) is 1.01. The SMILES string of the molecule is Cc1cc(Br)ccc1N1CCC(N(C)CC(=O)O)C1. The maximum Gasteiger partial charge on any atom is 0.317 e. The summed E-state index contributed by atoms with van der Waals surface area (Å²) >= 11 is 3.48. The molecule has 1 fully saturated rings. The van der Waals surface area contributed by atoms with Gasteiger partial charge < -0.3 is 10.0 Å². The molecular weight excluding hydrogens is 308 g/mol. The molecule has 104 valence electrons. The fraction of sp³-hybridized carbons (Fsp3) is 0.500. The highest BCUT2D eigenvalue weighted by Gasteiger charge is 2.27. The van der Waals surface area contributed by atoms with Gasteiger partial charge in [0.1, 0.15) is 0 Å². The second-order valence-electron chi connectivity index (χ2n) is 5.13. The predicted molar refractivity (Wildman–Crippen MR) is 79.8 cm³/mol. The van der Waals surface area contributed by atoms with Crippen LogP contribution in [0.5, 0.6) is 0 Å². The predicted octanol–water partition coefficient (Wildman–Crippen LogP) is 2.35. The Kier molecular flexibility index (Phi) is 4.47. The van der Waals surface area contributed by atoms with Crippen molar-refractivity contribution in [3.8, 4) is 0 Å². The van der Waals surface area contributed by atoms with Crippen LogP contribution in [0.2, 0.25) is 0 Å². The first-order chi connectivity index (χ1) is 8.97. The van der Waals surface area contributed by atoms with Gasteiger partial charge in [-0.2, -0.15) is 0 Å². The van der Waals surface area contributed by atoms with Crippen LogP contribution in [-0.2, 0) is 4.79 Å². The number of likely N-dealkylation sites (N-methyl/N-ethyl adjacent to an activating group) is 1. The molecule has 0 spiro atoms. The van der Waals surface area contributed by atoms with Gasteiger partial charge in [-0.25, -0.2) is 0 Å². The van der Waals surface area contributed by atoms with Crippen molar-refractivity contribution in [2.75, 3.05) is 31.6 Å². The molecular formula is C14H19BrN2O2. The fourth-order valence-corrected chi connectivity index (χ4v) is 3.11. The van der Waals surface area contributed by atoms with Crippen molar-refractivity contribution in [1.29, 1.82) is 0 Å². The molecule has 0 aromatic heterocycles. The van der Waals surface area contributed by atoms with Crippen LogP contribution >= 0.6 is 15.9 Å². The molecule has 1 aromatic rings. The van der Waals surface area contributed by atoms with Crippen molar-refractivity contribution in [3.05, 3.63) is 28.2 Å². The standard InChI is InChI=1S/C14H19BrN2O2/c1-10-7-11(15)3-4-13(10)17-6-5-12(8-17)16(2)9-14(18)19/h3-4,7,12H,5-6,8-9H2,1-2H3,(H,18,19). The first kappa shape index (κ1) is 14.3. The van der Waals surface area contributed by atoms with Crippen molar-refractivity contribution >= 4 is 27.6 Å². The number of aliphatic carboxylic acids is 1. The van der Waals surface area contributed by atoms with Crippen LogP contribution in [0.4, 0.5) is 5.69 Å². The fourth-order valence-electron chi connectivity index (χ4n) is 2.64. The Morgan fingerprint density at radius 3 is 2.95 bits per heavy atom. The Morgan fingerprint density at radius 2 is 2.32 bits per heavy atom. The summed E-state index contributed by atoms with van der Waals surface area (Å²) in [5.41, 5.74) is 2.49. The van der Waals surface area contributed by atoms with Crippen LogP contribution in [0, 0.1) is 6.92 Å². The van der Waals surface area contributed by atoms with Gasteiger partial charge in [0.25, 0.3) is 0 Å². The third kappa shape index (κ3) is 3.48. The Balaban J connectivity index is 2.03. The Labute approximate surface area is 122 Å². The van der Waals surface area contributed by atoms with Gasteiger partial charge >= 0.3 is 5.97 Å². The Hall–Kier alpha value is -1.07. The quantitative estimate of drug-likeness (QED) is 0.922. The molecule has 1 aliphatic heterocycles. The molecule has 5 heteroatoms. The van der Waals surface area contributed by atoms with Gasteiger partial charge in [0, 0.05) is 29.3 Å². The van der Waals surface area contributed by atoms with Crippen LogP contribution < -0.4 is 4.90 Å². The van der Waals surface area contributed by atoms with Crippen molar-refractivity contribution in [3.63, 3.8) is 0 Å². The van der Waals surface area contributed by atoms with Crippen LogP contribution in [0.15, 0.2) is 22.7 Å². The summed E-state index contributed by atoms with van der Waals surface area (Å²) in [5, 5.41) is 8.84. The molecule has 4 nitrogen and oxygen atoms in total. The van der Waals surface area contributed by atoms with Gasteiger partial charge in [-0.3, -0.25) is 9.69 Å². The summed E-state index contributed by atoms with van der Waals surface area (Å²) in [5.74, 6) is -0.763. The lowest BCUT2D eigenvalue weighted by Crippen LogP contribution is -2.38. The zero-order valence-corrected chi connectivity index (χ0v) is 12.9. The summed E-state index contributed by atoms with van der Waals surface area (Å²) < 4.78 is 1.09. The molecule has 0 amide bonds. The molecule has 19 heavy (non-hydrogen) atoms. The summed E-state index contributed by atoms with van der Waals surface area (Å²) in [4.78, 5) is 15.0. The third-order valence-corrected chi connectivity index (χ3v) is 4.16. The van der Waals surface area contributed by atoms with Crippen molar-refractivity contribution in [2.24, 2.45) is 0 Å². The molecule has 0 bridgehead atoms. The number of carboxylic acid groups (broad SMARTS) is 1. The van der Waals surface area contributed by atoms with Crippen molar-refractivity contribution in [1.82, 2.24) is 4.90 Å². The third-order valence-electron chi connectivity index (χ3n) is 3.67. The number of halogens is 1. The monoisotopic (exact) mass is 326 g/mol. The highest BCUT2D eigenvalue weighted by molar-refractivity contribution is 9.10. The minimum Gasteiger partial charge on any atom is -0.480 e. The number of carbonyl (C=O) groups is 1. The summed E-state index contributed by atoms with van der Waals surface area (Å²) in [6, 6.07) is 6.61. The van der Waals surface area contributed by atoms with Gasteiger partial charge in [-0.05, 0) is 44.2 Å². The first-order valence-electron chi connectivity index (χ1n) is 6.40. The topological polar surface area (TPSA) is 43.8 Å². The van der Waals surface area contributed by atoms with Gasteiger partial charge in [0.05, 0.1) is 6.54 Å². The van der Waals surface area contributed by atoms with Crippen LogP contribution in [-0.4, -0.2) is 48.7 Å². The van der Waals surface area contributed by atoms with Gasteiger partial charge in [-0.15, -0.1) is 0 Å². The summed E-state index contributed by atoms with van der Waals surface area (Å²) in [7, 11) is 1.89. The lowest BCUT2D eigenvalue weighted by Gasteiger charge is -2.24. The molecule has 2 rings (SSSR count). The van der Waals surface area contributed by atoms with E-state index in [0.717, 1.165) is 24.0 Å². The number of hydrogen-bond acceptors (Lipinski definition) is 3. The molecule has 1 heterocycles. The smallest absolute Gasteiger partial charge is 0.317 e. The maximum absolute atomic E-state index is 10.7. The van der Waals surface area contributed by atoms with E-state index in [1.54, 1.807) is 0 Å². The highest BCUT2D eigenvalue weighted by atomic mass is 79.9. The molecule has 0 saturated carbocycles. The molecule has 1 N–H and O–H groups in total. The van der Waals surface area contributed by atoms with E-state index in [2.05, 4.69) is 46.0 Å². The molecule has 0 radical (unpaired) electrons. The molecule has 1 aliphatic rings. The minimum atomic E-state index is -0.763. The van der Waals surface area contributed by atoms with Gasteiger partial charge in [-0.1, -0.05) is 15.9 Å². The first-order valence-corrected chi connectivity index (χ1v) is 7.20. The van der Waals surface area contributed by atoms with E-state index in [1.807, 2.05) is 11.9 Å². The number of nitrogens with zero attached hydrogens (tertiary/aromatic N) is 2. The van der Waals surface area contributed by atoms with Crippen molar-refractivity contribution in [2.45, 2.75) is 19.4 Å². The van der Waals surface area contributed by atoms with E-state index >= 15 is 0 Å². The maximum atomic E-state index is 10.7. The van der Waals surface area contributed by atoms with Crippen LogP contribution in [0.1, 0.15) is 12.0 Å². The van der Waals surface area contributed by atoms with E-state index in [1.165, 1.54) is 11.3 Å². The number of aryl methyl sites for hydroxylation is 1. The van der Waals surface area contributed by atoms with E-state index in [-0.39, 0.29) is 6.54 Å². The van der Waals surface area contributed by atoms with Crippen LogP contribution in [0.3, 0.4) is 0 Å². The number of hydrogen-bond donors (Lipinski definition) is 1. The van der Waals surface area contributed by atoms with E-state index < -0.39 is 5.97 Å². The lowest BCUT2D eigenvalue weighted by molar-refractivity contribution is -0.138. The number of benzene rings is 1. The highest BCUT2D eigenvalue weighted by Crippen LogP contribution is 2.27. The second-order valence-corrected chi connectivity index (χ2v) is 6.04. The molecule has 1 unspecified atom stereocenters. The zero-order valence-electron chi connectivity index (χ0n) is 11.3. The van der Waals surface area contributed by atoms with E-state index in [0.29, 0.717) is 6.04 Å². The molecule has 1 atom stereocenters. The molecule has 0 aliphatic carbocycles. The average Bonchev–Trinajstić information content (AvgIpc) is 2.77. The average molecular weight is 327 g/mol. The van der Waals surface area contributed by atoms with E-state index in [9.17, 15) is 4.79 Å². The van der Waals surface area contributed by atoms with E-state index in [4.69, 9.17) is 5.11 Å². The number of rotatable bonds is 4. The van der Waals surface area contributed by atoms with Gasteiger partial charge in [0.15, 0.2) is 0 Å². The molecule has 1 saturated heterocycles. The second kappa shape index (κ2) is 5.92. The minimum absolute atomic E-state index is 0.109. The van der Waals surface area contributed by atoms with Gasteiger partial charge in [0.2, 0.25) is 0 Å². The molecule has 1 aromatic carbocycles. The Morgan fingerprint density at radius 1 is 1.58 bits per heavy atom. The Bertz CT molecular complexity index is 479.